The van der Waals surface area contributed by atoms with Crippen LogP contribution < -0.4 is 5.73 Å². The molecule has 0 amide bonds. The monoisotopic (exact) mass is 156 g/mol. The van der Waals surface area contributed by atoms with Crippen LogP contribution in [0.25, 0.3) is 0 Å². The van der Waals surface area contributed by atoms with Gasteiger partial charge in [0, 0.05) is 0 Å². The fourth-order valence-electron chi connectivity index (χ4n) is 0.808. The van der Waals surface area contributed by atoms with E-state index in [9.17, 15) is 4.79 Å². The lowest BCUT2D eigenvalue weighted by atomic mass is 9.97. The van der Waals surface area contributed by atoms with Crippen molar-refractivity contribution in [1.29, 1.82) is 5.26 Å². The van der Waals surface area contributed by atoms with E-state index in [-0.39, 0.29) is 0 Å². The summed E-state index contributed by atoms with van der Waals surface area (Å²) in [6.07, 6.45) is 1.32. The smallest absolute Gasteiger partial charge is 0.321 e. The van der Waals surface area contributed by atoms with Gasteiger partial charge in [-0.3, -0.25) is 4.79 Å². The molecule has 4 heteroatoms. The van der Waals surface area contributed by atoms with Crippen LogP contribution in [-0.2, 0) is 4.79 Å². The van der Waals surface area contributed by atoms with Gasteiger partial charge in [0.2, 0.25) is 0 Å². The predicted octanol–water partition coefficient (Wildman–Crippen LogP) is 0.338. The van der Waals surface area contributed by atoms with E-state index in [4.69, 9.17) is 16.1 Å². The zero-order valence-corrected chi connectivity index (χ0v) is 6.45. The lowest BCUT2D eigenvalue weighted by molar-refractivity contribution is -0.139. The van der Waals surface area contributed by atoms with Crippen LogP contribution >= 0.6 is 0 Å². The minimum absolute atomic E-state index is 0.546. The highest BCUT2D eigenvalue weighted by molar-refractivity contribution is 5.74. The third-order valence-electron chi connectivity index (χ3n) is 1.48. The molecule has 0 radical (unpaired) electrons. The Morgan fingerprint density at radius 3 is 2.64 bits per heavy atom. The highest BCUT2D eigenvalue weighted by Crippen LogP contribution is 2.08. The molecule has 2 unspecified atom stereocenters. The minimum Gasteiger partial charge on any atom is -0.480 e. The van der Waals surface area contributed by atoms with Gasteiger partial charge in [-0.1, -0.05) is 13.3 Å². The van der Waals surface area contributed by atoms with E-state index in [1.54, 1.807) is 0 Å². The van der Waals surface area contributed by atoms with Gasteiger partial charge in [0.05, 0.1) is 12.0 Å². The largest absolute Gasteiger partial charge is 0.480 e. The predicted molar refractivity (Wildman–Crippen MR) is 39.6 cm³/mol. The molecule has 0 aliphatic carbocycles. The molecule has 62 valence electrons. The van der Waals surface area contributed by atoms with E-state index in [0.717, 1.165) is 6.42 Å². The van der Waals surface area contributed by atoms with Crippen molar-refractivity contribution in [3.8, 4) is 6.07 Å². The summed E-state index contributed by atoms with van der Waals surface area (Å²) < 4.78 is 0. The Kier molecular flexibility index (Phi) is 4.23. The van der Waals surface area contributed by atoms with Crippen molar-refractivity contribution in [1.82, 2.24) is 0 Å². The van der Waals surface area contributed by atoms with Crippen molar-refractivity contribution >= 4 is 5.97 Å². The molecule has 11 heavy (non-hydrogen) atoms. The molecule has 2 atom stereocenters. The maximum absolute atomic E-state index is 10.3. The maximum Gasteiger partial charge on any atom is 0.321 e. The second-order valence-electron chi connectivity index (χ2n) is 2.39. The van der Waals surface area contributed by atoms with Crippen molar-refractivity contribution in [3.63, 3.8) is 0 Å². The number of carboxylic acids is 1. The minimum atomic E-state index is -1.11. The number of hydrogen-bond acceptors (Lipinski definition) is 3. The number of rotatable bonds is 4. The number of nitriles is 1. The molecule has 0 aromatic carbocycles. The molecule has 0 rings (SSSR count). The maximum atomic E-state index is 10.3. The van der Waals surface area contributed by atoms with Gasteiger partial charge in [0.25, 0.3) is 0 Å². The van der Waals surface area contributed by atoms with Crippen LogP contribution in [0.15, 0.2) is 0 Å². The second-order valence-corrected chi connectivity index (χ2v) is 2.39. The molecule has 0 heterocycles. The zero-order chi connectivity index (χ0) is 8.85. The lowest BCUT2D eigenvalue weighted by Gasteiger charge is -2.11. The van der Waals surface area contributed by atoms with Gasteiger partial charge in [-0.25, -0.2) is 0 Å². The summed E-state index contributed by atoms with van der Waals surface area (Å²) in [4.78, 5) is 10.3. The van der Waals surface area contributed by atoms with E-state index in [1.165, 1.54) is 0 Å². The molecule has 0 aliphatic rings. The Morgan fingerprint density at radius 2 is 2.36 bits per heavy atom. The normalized spacial score (nSPS) is 15.0. The van der Waals surface area contributed by atoms with Gasteiger partial charge in [-0.15, -0.1) is 0 Å². The Hall–Kier alpha value is -1.08. The van der Waals surface area contributed by atoms with Gasteiger partial charge >= 0.3 is 5.97 Å². The van der Waals surface area contributed by atoms with E-state index < -0.39 is 17.9 Å². The summed E-state index contributed by atoms with van der Waals surface area (Å²) in [5, 5.41) is 16.9. The molecule has 0 aromatic heterocycles. The molecule has 0 spiro atoms. The van der Waals surface area contributed by atoms with Crippen molar-refractivity contribution in [2.75, 3.05) is 0 Å². The molecule has 0 fully saturated rings. The molecular weight excluding hydrogens is 144 g/mol. The quantitative estimate of drug-likeness (QED) is 0.614. The van der Waals surface area contributed by atoms with Crippen LogP contribution in [0.1, 0.15) is 19.8 Å². The Morgan fingerprint density at radius 1 is 1.82 bits per heavy atom. The number of nitrogens with zero attached hydrogens (tertiary/aromatic N) is 1. The molecule has 0 aliphatic heterocycles. The van der Waals surface area contributed by atoms with Crippen LogP contribution in [-0.4, -0.2) is 17.1 Å². The van der Waals surface area contributed by atoms with Crippen molar-refractivity contribution < 1.29 is 9.90 Å². The number of hydrogen-bond donors (Lipinski definition) is 2. The summed E-state index contributed by atoms with van der Waals surface area (Å²) >= 11 is 0. The van der Waals surface area contributed by atoms with Crippen molar-refractivity contribution in [2.24, 2.45) is 11.7 Å². The summed E-state index contributed by atoms with van der Waals surface area (Å²) in [7, 11) is 0. The third kappa shape index (κ3) is 3.01. The molecular formula is C7H12N2O2. The second kappa shape index (κ2) is 4.69. The van der Waals surface area contributed by atoms with Gasteiger partial charge in [-0.05, 0) is 6.42 Å². The topological polar surface area (TPSA) is 87.1 Å². The highest BCUT2D eigenvalue weighted by atomic mass is 16.4. The SMILES string of the molecule is CCCC(C#N)C(N)C(=O)O. The van der Waals surface area contributed by atoms with Gasteiger partial charge in [-0.2, -0.15) is 5.26 Å². The number of carboxylic acid groups (broad SMARTS) is 1. The molecule has 4 nitrogen and oxygen atoms in total. The summed E-state index contributed by atoms with van der Waals surface area (Å²) in [6, 6.07) is 0.837. The first-order valence-corrected chi connectivity index (χ1v) is 3.51. The fourth-order valence-corrected chi connectivity index (χ4v) is 0.808. The van der Waals surface area contributed by atoms with Gasteiger partial charge in [0.1, 0.15) is 6.04 Å². The van der Waals surface area contributed by atoms with Crippen LogP contribution in [0.3, 0.4) is 0 Å². The Balaban J connectivity index is 4.05. The highest BCUT2D eigenvalue weighted by Gasteiger charge is 2.22. The van der Waals surface area contributed by atoms with Gasteiger partial charge < -0.3 is 10.8 Å². The Labute approximate surface area is 65.6 Å². The van der Waals surface area contributed by atoms with Gasteiger partial charge in [0.15, 0.2) is 0 Å². The van der Waals surface area contributed by atoms with E-state index >= 15 is 0 Å². The summed E-state index contributed by atoms with van der Waals surface area (Å²) in [6.45, 7) is 1.89. The number of nitrogens with two attached hydrogens (primary N) is 1. The first-order valence-electron chi connectivity index (χ1n) is 3.51. The third-order valence-corrected chi connectivity index (χ3v) is 1.48. The van der Waals surface area contributed by atoms with Crippen LogP contribution in [0.5, 0.6) is 0 Å². The van der Waals surface area contributed by atoms with Crippen LogP contribution in [0.4, 0.5) is 0 Å². The average molecular weight is 156 g/mol. The molecule has 3 N–H and O–H groups in total. The molecule has 0 aromatic rings. The average Bonchev–Trinajstić information content (AvgIpc) is 1.98. The zero-order valence-electron chi connectivity index (χ0n) is 6.45. The van der Waals surface area contributed by atoms with E-state index in [0.29, 0.717) is 6.42 Å². The van der Waals surface area contributed by atoms with Crippen LogP contribution in [0.2, 0.25) is 0 Å². The fraction of sp³-hybridized carbons (Fsp3) is 0.714. The number of aliphatic carboxylic acids is 1. The first-order chi connectivity index (χ1) is 5.13. The number of carbonyl (C=O) groups is 1. The summed E-state index contributed by atoms with van der Waals surface area (Å²) in [5.74, 6) is -1.66. The van der Waals surface area contributed by atoms with E-state index in [2.05, 4.69) is 0 Å². The molecule has 0 bridgehead atoms. The Bertz CT molecular complexity index is 174. The molecule has 0 saturated carbocycles. The molecule has 0 saturated heterocycles. The first kappa shape index (κ1) is 9.92. The van der Waals surface area contributed by atoms with Crippen molar-refractivity contribution in [2.45, 2.75) is 25.8 Å². The van der Waals surface area contributed by atoms with Crippen LogP contribution in [0, 0.1) is 17.2 Å². The standard InChI is InChI=1S/C7H12N2O2/c1-2-3-5(4-8)6(9)7(10)11/h5-6H,2-3,9H2,1H3,(H,10,11). The lowest BCUT2D eigenvalue weighted by Crippen LogP contribution is -2.37. The summed E-state index contributed by atoms with van der Waals surface area (Å²) in [5.41, 5.74) is 5.24. The van der Waals surface area contributed by atoms with E-state index in [1.807, 2.05) is 13.0 Å². The van der Waals surface area contributed by atoms with Crippen molar-refractivity contribution in [3.05, 3.63) is 0 Å².